The number of esters is 1. The minimum atomic E-state index is -4.44. The number of likely N-dealkylation sites (tertiary alicyclic amines) is 1. The molecule has 1 fully saturated rings. The van der Waals surface area contributed by atoms with E-state index in [0.717, 1.165) is 0 Å². The van der Waals surface area contributed by atoms with Crippen molar-refractivity contribution in [3.63, 3.8) is 0 Å². The van der Waals surface area contributed by atoms with Crippen molar-refractivity contribution in [2.75, 3.05) is 19.6 Å². The van der Waals surface area contributed by atoms with E-state index in [1.807, 2.05) is 0 Å². The Hall–Kier alpha value is -1.31. The molecule has 0 aromatic heterocycles. The fourth-order valence-corrected chi connectivity index (χ4v) is 2.42. The maximum Gasteiger partial charge on any atom is 0.389 e. The van der Waals surface area contributed by atoms with E-state index in [-0.39, 0.29) is 19.6 Å². The van der Waals surface area contributed by atoms with Gasteiger partial charge in [0.15, 0.2) is 0 Å². The average Bonchev–Trinajstić information content (AvgIpc) is 2.54. The zero-order valence-electron chi connectivity index (χ0n) is 12.2. The molecule has 1 saturated heterocycles. The summed E-state index contributed by atoms with van der Waals surface area (Å²) >= 11 is 0. The van der Waals surface area contributed by atoms with Crippen LogP contribution in [0.5, 0.6) is 0 Å². The molecule has 0 aromatic rings. The molecule has 1 aliphatic rings. The fraction of sp³-hybridized carbons (Fsp3) is 0.846. The Morgan fingerprint density at radius 2 is 1.81 bits per heavy atom. The number of aliphatic carboxylic acids is 1. The smallest absolute Gasteiger partial charge is 0.389 e. The third kappa shape index (κ3) is 6.33. The third-order valence-electron chi connectivity index (χ3n) is 3.09. The highest BCUT2D eigenvalue weighted by Gasteiger charge is 2.41. The normalized spacial score (nSPS) is 24.1. The average molecular weight is 310 g/mol. The van der Waals surface area contributed by atoms with Crippen LogP contribution in [-0.2, 0) is 14.3 Å². The number of halogens is 3. The Balaban J connectivity index is 2.63. The lowest BCUT2D eigenvalue weighted by Gasteiger charge is -2.22. The van der Waals surface area contributed by atoms with E-state index in [1.54, 1.807) is 20.8 Å². The van der Waals surface area contributed by atoms with Crippen LogP contribution in [0, 0.1) is 11.8 Å². The van der Waals surface area contributed by atoms with E-state index in [9.17, 15) is 27.9 Å². The number of alkyl halides is 3. The molecule has 5 nitrogen and oxygen atoms in total. The minimum Gasteiger partial charge on any atom is -0.550 e. The van der Waals surface area contributed by atoms with Crippen LogP contribution in [0.3, 0.4) is 0 Å². The molecule has 1 heterocycles. The summed E-state index contributed by atoms with van der Waals surface area (Å²) in [4.78, 5) is 23.9. The maximum absolute atomic E-state index is 12.4. The second-order valence-corrected chi connectivity index (χ2v) is 6.29. The van der Waals surface area contributed by atoms with Gasteiger partial charge in [0.2, 0.25) is 0 Å². The van der Waals surface area contributed by atoms with E-state index in [2.05, 4.69) is 0 Å². The summed E-state index contributed by atoms with van der Waals surface area (Å²) in [6.45, 7) is 4.54. The van der Waals surface area contributed by atoms with E-state index in [1.165, 1.54) is 4.90 Å². The molecular weight excluding hydrogens is 291 g/mol. The van der Waals surface area contributed by atoms with Crippen LogP contribution >= 0.6 is 0 Å². The number of hydrogen-bond acceptors (Lipinski definition) is 5. The largest absolute Gasteiger partial charge is 0.550 e. The molecule has 0 amide bonds. The number of ether oxygens (including phenoxy) is 1. The lowest BCUT2D eigenvalue weighted by Crippen LogP contribution is -2.38. The monoisotopic (exact) mass is 310 g/mol. The van der Waals surface area contributed by atoms with Crippen molar-refractivity contribution < 1.29 is 32.6 Å². The van der Waals surface area contributed by atoms with Crippen molar-refractivity contribution in [3.8, 4) is 0 Å². The first kappa shape index (κ1) is 17.7. The minimum absolute atomic E-state index is 0.114. The Labute approximate surface area is 121 Å². The highest BCUT2D eigenvalue weighted by Crippen LogP contribution is 2.33. The standard InChI is InChI=1S/C13H20F3NO4/c1-12(2,3)21-10(18)7-17-5-8(4-13(14,15)16)9(6-17)11(19)20/h8-9H,4-7H2,1-3H3,(H,19,20)/p-1/t8-,9-/m1/s1. The van der Waals surface area contributed by atoms with Crippen LogP contribution in [0.1, 0.15) is 27.2 Å². The summed E-state index contributed by atoms with van der Waals surface area (Å²) in [7, 11) is 0. The van der Waals surface area contributed by atoms with Gasteiger partial charge in [-0.15, -0.1) is 0 Å². The molecule has 0 saturated carbocycles. The van der Waals surface area contributed by atoms with Crippen molar-refractivity contribution in [1.29, 1.82) is 0 Å². The molecule has 1 aliphatic heterocycles. The van der Waals surface area contributed by atoms with Crippen molar-refractivity contribution in [2.45, 2.75) is 39.0 Å². The number of nitrogens with zero attached hydrogens (tertiary/aromatic N) is 1. The van der Waals surface area contributed by atoms with Crippen molar-refractivity contribution in [3.05, 3.63) is 0 Å². The molecule has 0 radical (unpaired) electrons. The predicted octanol–water partition coefficient (Wildman–Crippen LogP) is 0.578. The van der Waals surface area contributed by atoms with Crippen molar-refractivity contribution >= 4 is 11.9 Å². The molecule has 0 N–H and O–H groups in total. The molecule has 8 heteroatoms. The highest BCUT2D eigenvalue weighted by molar-refractivity contribution is 5.73. The summed E-state index contributed by atoms with van der Waals surface area (Å²) in [5.41, 5.74) is -0.698. The van der Waals surface area contributed by atoms with Gasteiger partial charge in [-0.1, -0.05) is 0 Å². The maximum atomic E-state index is 12.4. The molecule has 0 spiro atoms. The van der Waals surface area contributed by atoms with Crippen LogP contribution in [0.25, 0.3) is 0 Å². The highest BCUT2D eigenvalue weighted by atomic mass is 19.4. The van der Waals surface area contributed by atoms with E-state index >= 15 is 0 Å². The van der Waals surface area contributed by atoms with Gasteiger partial charge in [-0.2, -0.15) is 13.2 Å². The van der Waals surface area contributed by atoms with Gasteiger partial charge in [-0.05, 0) is 26.7 Å². The second-order valence-electron chi connectivity index (χ2n) is 6.29. The molecule has 21 heavy (non-hydrogen) atoms. The van der Waals surface area contributed by atoms with Gasteiger partial charge in [-0.25, -0.2) is 0 Å². The van der Waals surface area contributed by atoms with Crippen molar-refractivity contribution in [2.24, 2.45) is 11.8 Å². The lowest BCUT2D eigenvalue weighted by molar-refractivity contribution is -0.312. The summed E-state index contributed by atoms with van der Waals surface area (Å²) in [5, 5.41) is 10.9. The number of rotatable bonds is 4. The summed E-state index contributed by atoms with van der Waals surface area (Å²) < 4.78 is 42.4. The molecule has 1 rings (SSSR count). The van der Waals surface area contributed by atoms with Gasteiger partial charge < -0.3 is 14.6 Å². The fourth-order valence-electron chi connectivity index (χ4n) is 2.42. The van der Waals surface area contributed by atoms with Crippen LogP contribution < -0.4 is 5.11 Å². The molecule has 122 valence electrons. The lowest BCUT2D eigenvalue weighted by atomic mass is 9.93. The Bertz CT molecular complexity index is 403. The summed E-state index contributed by atoms with van der Waals surface area (Å²) in [5.74, 6) is -4.44. The predicted molar refractivity (Wildman–Crippen MR) is 64.9 cm³/mol. The van der Waals surface area contributed by atoms with E-state index in [0.29, 0.717) is 0 Å². The zero-order chi connectivity index (χ0) is 16.4. The number of carboxylic acid groups (broad SMARTS) is 1. The first-order valence-corrected chi connectivity index (χ1v) is 6.59. The first-order chi connectivity index (χ1) is 9.37. The van der Waals surface area contributed by atoms with E-state index in [4.69, 9.17) is 4.74 Å². The van der Waals surface area contributed by atoms with Crippen LogP contribution in [0.4, 0.5) is 13.2 Å². The summed E-state index contributed by atoms with van der Waals surface area (Å²) in [6.07, 6.45) is -5.64. The number of carbonyl (C=O) groups excluding carboxylic acids is 2. The Kier molecular flexibility index (Phi) is 5.25. The van der Waals surface area contributed by atoms with Crippen LogP contribution in [-0.4, -0.2) is 48.3 Å². The van der Waals surface area contributed by atoms with Crippen LogP contribution in [0.2, 0.25) is 0 Å². The first-order valence-electron chi connectivity index (χ1n) is 6.59. The Morgan fingerprint density at radius 3 is 2.24 bits per heavy atom. The second kappa shape index (κ2) is 6.21. The van der Waals surface area contributed by atoms with Gasteiger partial charge in [0.25, 0.3) is 0 Å². The molecule has 2 atom stereocenters. The Morgan fingerprint density at radius 1 is 1.24 bits per heavy atom. The van der Waals surface area contributed by atoms with Gasteiger partial charge >= 0.3 is 12.1 Å². The molecular formula is C13H19F3NO4-. The molecule has 0 aromatic carbocycles. The summed E-state index contributed by atoms with van der Waals surface area (Å²) in [6, 6.07) is 0. The van der Waals surface area contributed by atoms with Gasteiger partial charge in [0, 0.05) is 31.4 Å². The van der Waals surface area contributed by atoms with Crippen molar-refractivity contribution in [1.82, 2.24) is 4.90 Å². The molecule has 0 bridgehead atoms. The number of hydrogen-bond donors (Lipinski definition) is 0. The van der Waals surface area contributed by atoms with E-state index < -0.39 is 42.0 Å². The third-order valence-corrected chi connectivity index (χ3v) is 3.09. The SMILES string of the molecule is CC(C)(C)OC(=O)CN1C[C@@H](CC(F)(F)F)[C@H](C(=O)[O-])C1. The van der Waals surface area contributed by atoms with Gasteiger partial charge in [-0.3, -0.25) is 9.69 Å². The zero-order valence-corrected chi connectivity index (χ0v) is 12.2. The van der Waals surface area contributed by atoms with Crippen LogP contribution in [0.15, 0.2) is 0 Å². The van der Waals surface area contributed by atoms with Gasteiger partial charge in [0.05, 0.1) is 6.54 Å². The van der Waals surface area contributed by atoms with Gasteiger partial charge in [0.1, 0.15) is 5.60 Å². The molecule has 0 unspecified atom stereocenters. The topological polar surface area (TPSA) is 69.7 Å². The quantitative estimate of drug-likeness (QED) is 0.710. The number of carbonyl (C=O) groups is 2. The molecule has 0 aliphatic carbocycles. The number of carboxylic acids is 1.